The monoisotopic (exact) mass is 413 g/mol. The van der Waals surface area contributed by atoms with Crippen molar-refractivity contribution < 1.29 is 27.0 Å². The standard InChI is InChI=1S/C21H23F4NO3/c1-10-8-13(27)9-16(26-10)19-17(12(3)20(4,29-19)21(23,24)25)14-6-7-15(22)11(2)18(14)28-5/h6-9,12,17,19H,1-5H3,(H,26,27)/t12-,17-,19-,20+/m1/s1. The molecule has 0 bridgehead atoms. The van der Waals surface area contributed by atoms with E-state index in [9.17, 15) is 22.4 Å². The third-order valence-corrected chi connectivity index (χ3v) is 5.91. The summed E-state index contributed by atoms with van der Waals surface area (Å²) in [5.74, 6) is -2.20. The molecule has 0 spiro atoms. The molecule has 158 valence electrons. The van der Waals surface area contributed by atoms with E-state index in [2.05, 4.69) is 4.98 Å². The largest absolute Gasteiger partial charge is 0.496 e. The quantitative estimate of drug-likeness (QED) is 0.725. The molecule has 1 saturated heterocycles. The van der Waals surface area contributed by atoms with Crippen LogP contribution in [0, 0.1) is 25.6 Å². The van der Waals surface area contributed by atoms with Crippen molar-refractivity contribution in [3.63, 3.8) is 0 Å². The van der Waals surface area contributed by atoms with E-state index >= 15 is 0 Å². The lowest BCUT2D eigenvalue weighted by atomic mass is 9.76. The second-order valence-electron chi connectivity index (χ2n) is 7.71. The minimum Gasteiger partial charge on any atom is -0.496 e. The van der Waals surface area contributed by atoms with Crippen LogP contribution in [0.25, 0.3) is 0 Å². The van der Waals surface area contributed by atoms with Crippen LogP contribution in [0.1, 0.15) is 48.4 Å². The van der Waals surface area contributed by atoms with Gasteiger partial charge in [-0.25, -0.2) is 4.39 Å². The molecule has 1 aliphatic heterocycles. The molecule has 1 aromatic carbocycles. The molecule has 8 heteroatoms. The second-order valence-corrected chi connectivity index (χ2v) is 7.71. The van der Waals surface area contributed by atoms with Gasteiger partial charge in [0.15, 0.2) is 11.0 Å². The zero-order valence-corrected chi connectivity index (χ0v) is 16.8. The fraction of sp³-hybridized carbons (Fsp3) is 0.476. The van der Waals surface area contributed by atoms with Gasteiger partial charge in [-0.1, -0.05) is 13.0 Å². The molecule has 2 aromatic rings. The lowest BCUT2D eigenvalue weighted by Gasteiger charge is -2.32. The van der Waals surface area contributed by atoms with Crippen molar-refractivity contribution in [1.29, 1.82) is 0 Å². The molecular weight excluding hydrogens is 390 g/mol. The molecule has 0 radical (unpaired) electrons. The van der Waals surface area contributed by atoms with E-state index in [1.54, 1.807) is 6.92 Å². The maximum atomic E-state index is 14.1. The highest BCUT2D eigenvalue weighted by Gasteiger charge is 2.64. The van der Waals surface area contributed by atoms with Gasteiger partial charge in [-0.15, -0.1) is 0 Å². The van der Waals surface area contributed by atoms with Crippen LogP contribution >= 0.6 is 0 Å². The first-order valence-corrected chi connectivity index (χ1v) is 9.19. The van der Waals surface area contributed by atoms with Gasteiger partial charge in [0, 0.05) is 46.5 Å². The van der Waals surface area contributed by atoms with Gasteiger partial charge in [0.05, 0.1) is 7.11 Å². The minimum absolute atomic E-state index is 0.178. The number of hydrogen-bond acceptors (Lipinski definition) is 3. The fourth-order valence-corrected chi connectivity index (χ4v) is 4.15. The number of rotatable bonds is 3. The number of pyridine rings is 1. The highest BCUT2D eigenvalue weighted by atomic mass is 19.4. The van der Waals surface area contributed by atoms with Gasteiger partial charge in [0.2, 0.25) is 0 Å². The topological polar surface area (TPSA) is 51.3 Å². The smallest absolute Gasteiger partial charge is 0.417 e. The number of nitrogens with one attached hydrogen (secondary N) is 1. The maximum Gasteiger partial charge on any atom is 0.417 e. The Labute approximate surface area is 165 Å². The molecule has 1 aliphatic rings. The molecule has 3 rings (SSSR count). The van der Waals surface area contributed by atoms with E-state index in [0.29, 0.717) is 11.3 Å². The summed E-state index contributed by atoms with van der Waals surface area (Å²) < 4.78 is 66.9. The first-order valence-electron chi connectivity index (χ1n) is 9.19. The molecule has 29 heavy (non-hydrogen) atoms. The summed E-state index contributed by atoms with van der Waals surface area (Å²) in [6, 6.07) is 5.22. The third kappa shape index (κ3) is 3.43. The van der Waals surface area contributed by atoms with Crippen LogP contribution in [0.2, 0.25) is 0 Å². The summed E-state index contributed by atoms with van der Waals surface area (Å²) >= 11 is 0. The highest BCUT2D eigenvalue weighted by Crippen LogP contribution is 2.59. The Morgan fingerprint density at radius 1 is 1.21 bits per heavy atom. The maximum absolute atomic E-state index is 14.1. The fourth-order valence-electron chi connectivity index (χ4n) is 4.15. The van der Waals surface area contributed by atoms with Crippen molar-refractivity contribution in [3.8, 4) is 5.75 Å². The molecule has 4 nitrogen and oxygen atoms in total. The summed E-state index contributed by atoms with van der Waals surface area (Å²) in [5, 5.41) is 0. The Bertz CT molecular complexity index is 985. The number of ether oxygens (including phenoxy) is 2. The van der Waals surface area contributed by atoms with E-state index in [1.807, 2.05) is 0 Å². The molecule has 1 fully saturated rings. The number of benzene rings is 1. The van der Waals surface area contributed by atoms with Gasteiger partial charge in [0.1, 0.15) is 17.7 Å². The van der Waals surface area contributed by atoms with Crippen LogP contribution in [0.15, 0.2) is 29.1 Å². The number of aromatic amines is 1. The van der Waals surface area contributed by atoms with Crippen molar-refractivity contribution >= 4 is 0 Å². The van der Waals surface area contributed by atoms with E-state index in [-0.39, 0.29) is 22.4 Å². The summed E-state index contributed by atoms with van der Waals surface area (Å²) in [7, 11) is 1.35. The number of aryl methyl sites for hydroxylation is 1. The molecule has 0 amide bonds. The first kappa shape index (κ1) is 21.4. The average Bonchev–Trinajstić information content (AvgIpc) is 2.89. The van der Waals surface area contributed by atoms with Crippen molar-refractivity contribution in [2.75, 3.05) is 7.11 Å². The Morgan fingerprint density at radius 3 is 2.41 bits per heavy atom. The van der Waals surface area contributed by atoms with Gasteiger partial charge < -0.3 is 14.5 Å². The lowest BCUT2D eigenvalue weighted by molar-refractivity contribution is -0.275. The van der Waals surface area contributed by atoms with Crippen LogP contribution in [0.5, 0.6) is 5.75 Å². The number of H-pyrrole nitrogens is 1. The normalized spacial score (nSPS) is 27.3. The molecule has 2 heterocycles. The number of halogens is 4. The minimum atomic E-state index is -4.65. The Morgan fingerprint density at radius 2 is 1.86 bits per heavy atom. The van der Waals surface area contributed by atoms with Crippen molar-refractivity contribution in [1.82, 2.24) is 4.98 Å². The summed E-state index contributed by atoms with van der Waals surface area (Å²) in [6.45, 7) is 5.60. The number of methoxy groups -OCH3 is 1. The Kier molecular flexibility index (Phi) is 5.28. The second kappa shape index (κ2) is 7.16. The molecule has 4 atom stereocenters. The zero-order chi connectivity index (χ0) is 21.7. The van der Waals surface area contributed by atoms with Gasteiger partial charge in [-0.2, -0.15) is 13.2 Å². The zero-order valence-electron chi connectivity index (χ0n) is 16.8. The summed E-state index contributed by atoms with van der Waals surface area (Å²) in [4.78, 5) is 15.0. The number of alkyl halides is 3. The predicted octanol–water partition coefficient (Wildman–Crippen LogP) is 4.95. The predicted molar refractivity (Wildman–Crippen MR) is 99.7 cm³/mol. The molecule has 1 N–H and O–H groups in total. The van der Waals surface area contributed by atoms with Crippen molar-refractivity contribution in [2.45, 2.75) is 51.5 Å². The molecule has 1 aromatic heterocycles. The van der Waals surface area contributed by atoms with Crippen LogP contribution in [0.3, 0.4) is 0 Å². The highest BCUT2D eigenvalue weighted by molar-refractivity contribution is 5.46. The van der Waals surface area contributed by atoms with E-state index in [0.717, 1.165) is 6.92 Å². The Hall–Kier alpha value is -2.35. The van der Waals surface area contributed by atoms with Crippen LogP contribution in [0.4, 0.5) is 17.6 Å². The van der Waals surface area contributed by atoms with E-state index < -0.39 is 35.5 Å². The van der Waals surface area contributed by atoms with Crippen molar-refractivity contribution in [2.24, 2.45) is 5.92 Å². The lowest BCUT2D eigenvalue weighted by Crippen LogP contribution is -2.46. The summed E-state index contributed by atoms with van der Waals surface area (Å²) in [5.41, 5.74) is -1.45. The Balaban J connectivity index is 2.25. The third-order valence-electron chi connectivity index (χ3n) is 5.91. The average molecular weight is 413 g/mol. The van der Waals surface area contributed by atoms with Gasteiger partial charge >= 0.3 is 6.18 Å². The van der Waals surface area contributed by atoms with Crippen molar-refractivity contribution in [3.05, 3.63) is 62.8 Å². The van der Waals surface area contributed by atoms with E-state index in [1.165, 1.54) is 45.2 Å². The molecule has 0 unspecified atom stereocenters. The van der Waals surface area contributed by atoms with E-state index in [4.69, 9.17) is 9.47 Å². The van der Waals surface area contributed by atoms with Gasteiger partial charge in [-0.05, 0) is 26.8 Å². The number of hydrogen-bond donors (Lipinski definition) is 1. The first-order chi connectivity index (χ1) is 13.4. The SMILES string of the molecule is COc1c([C@@H]2[C@@H](c3cc(=O)cc(C)[nH]3)O[C@](C)(C(F)(F)F)[C@@H]2C)ccc(F)c1C. The molecular formula is C21H23F4NO3. The van der Waals surface area contributed by atoms with Gasteiger partial charge in [0.25, 0.3) is 0 Å². The van der Waals surface area contributed by atoms with Crippen LogP contribution in [-0.2, 0) is 4.74 Å². The molecule has 0 saturated carbocycles. The number of aromatic nitrogens is 1. The summed E-state index contributed by atoms with van der Waals surface area (Å²) in [6.07, 6.45) is -5.74. The van der Waals surface area contributed by atoms with Gasteiger partial charge in [-0.3, -0.25) is 4.79 Å². The van der Waals surface area contributed by atoms with Crippen LogP contribution < -0.4 is 10.2 Å². The van der Waals surface area contributed by atoms with Crippen LogP contribution in [-0.4, -0.2) is 23.9 Å². The molecule has 0 aliphatic carbocycles.